The second-order valence-electron chi connectivity index (χ2n) is 2.59. The number of aliphatic carboxylic acids is 1. The molecule has 2 N–H and O–H groups in total. The maximum Gasteiger partial charge on any atom is 1.00 e. The van der Waals surface area contributed by atoms with Gasteiger partial charge < -0.3 is 15.6 Å². The van der Waals surface area contributed by atoms with E-state index >= 15 is 0 Å². The third-order valence-corrected chi connectivity index (χ3v) is 1.61. The van der Waals surface area contributed by atoms with E-state index in [-0.39, 0.29) is 36.0 Å². The Morgan fingerprint density at radius 1 is 1.38 bits per heavy atom. The molecule has 0 spiro atoms. The molecule has 3 nitrogen and oxygen atoms in total. The van der Waals surface area contributed by atoms with Crippen LogP contribution in [-0.2, 0) is 4.79 Å². The minimum atomic E-state index is -1.12. The Balaban J connectivity index is 0.00000144. The minimum absolute atomic E-state index is 0. The molecule has 1 atom stereocenters. The van der Waals surface area contributed by atoms with Gasteiger partial charge in [0.25, 0.3) is 0 Å². The van der Waals surface area contributed by atoms with Crippen molar-refractivity contribution in [1.82, 2.24) is 0 Å². The fraction of sp³-hybridized carbons (Fsp3) is 0.222. The number of hydrogen-bond acceptors (Lipinski definition) is 3. The Labute approximate surface area is 99.2 Å². The first-order valence-electron chi connectivity index (χ1n) is 3.70. The van der Waals surface area contributed by atoms with Crippen LogP contribution in [0.3, 0.4) is 0 Å². The molecule has 64 valence electrons. The van der Waals surface area contributed by atoms with Gasteiger partial charge in [-0.25, -0.2) is 0 Å². The van der Waals surface area contributed by atoms with Gasteiger partial charge >= 0.3 is 29.6 Å². The number of nitrogens with two attached hydrogens (primary N) is 1. The third-order valence-electron chi connectivity index (χ3n) is 1.61. The molecule has 13 heavy (non-hydrogen) atoms. The van der Waals surface area contributed by atoms with Crippen LogP contribution in [0.2, 0.25) is 0 Å². The second kappa shape index (κ2) is 6.16. The number of carboxylic acid groups (broad SMARTS) is 1. The van der Waals surface area contributed by atoms with Crippen molar-refractivity contribution in [2.75, 3.05) is 0 Å². The summed E-state index contributed by atoms with van der Waals surface area (Å²) in [5, 5.41) is 10.2. The van der Waals surface area contributed by atoms with Gasteiger partial charge in [0.1, 0.15) is 0 Å². The van der Waals surface area contributed by atoms with E-state index < -0.39 is 12.0 Å². The zero-order valence-electron chi connectivity index (χ0n) is 7.57. The maximum absolute atomic E-state index is 10.2. The van der Waals surface area contributed by atoms with E-state index in [0.717, 1.165) is 5.56 Å². The van der Waals surface area contributed by atoms with Crippen LogP contribution < -0.4 is 40.4 Å². The molecular weight excluding hydrogens is 177 g/mol. The number of hydrogen-bond donors (Lipinski definition) is 1. The summed E-state index contributed by atoms with van der Waals surface area (Å²) in [4.78, 5) is 10.2. The van der Waals surface area contributed by atoms with Gasteiger partial charge in [-0.05, 0) is 5.56 Å². The molecule has 1 aromatic carbocycles. The summed E-state index contributed by atoms with van der Waals surface area (Å²) >= 11 is 0. The molecule has 0 unspecified atom stereocenters. The van der Waals surface area contributed by atoms with Gasteiger partial charge in [0.15, 0.2) is 0 Å². The van der Waals surface area contributed by atoms with Crippen LogP contribution in [0.5, 0.6) is 0 Å². The molecule has 0 amide bonds. The Morgan fingerprint density at radius 2 is 1.92 bits per heavy atom. The van der Waals surface area contributed by atoms with E-state index in [1.165, 1.54) is 0 Å². The molecule has 0 fully saturated rings. The van der Waals surface area contributed by atoms with E-state index in [1.807, 2.05) is 18.2 Å². The van der Waals surface area contributed by atoms with Crippen molar-refractivity contribution in [3.05, 3.63) is 35.9 Å². The summed E-state index contributed by atoms with van der Waals surface area (Å²) in [5.74, 6) is -1.12. The van der Waals surface area contributed by atoms with Gasteiger partial charge in [-0.2, -0.15) is 0 Å². The molecule has 0 aliphatic carbocycles. The molecule has 0 heterocycles. The monoisotopic (exact) mass is 187 g/mol. The first kappa shape index (κ1) is 12.7. The van der Waals surface area contributed by atoms with Gasteiger partial charge in [-0.15, -0.1) is 0 Å². The molecule has 0 saturated carbocycles. The van der Waals surface area contributed by atoms with Gasteiger partial charge in [0.2, 0.25) is 0 Å². The normalized spacial score (nSPS) is 11.5. The van der Waals surface area contributed by atoms with Gasteiger partial charge in [0, 0.05) is 18.4 Å². The quantitative estimate of drug-likeness (QED) is 0.508. The van der Waals surface area contributed by atoms with Crippen molar-refractivity contribution in [2.45, 2.75) is 12.5 Å². The predicted molar refractivity (Wildman–Crippen MR) is 43.0 cm³/mol. The van der Waals surface area contributed by atoms with Crippen LogP contribution in [0.25, 0.3) is 0 Å². The Kier molecular flexibility index (Phi) is 5.99. The Hall–Kier alpha value is -0.350. The number of carboxylic acids is 1. The number of carbonyl (C=O) groups excluding carboxylic acids is 1. The largest absolute Gasteiger partial charge is 1.00 e. The second-order valence-corrected chi connectivity index (χ2v) is 2.59. The summed E-state index contributed by atoms with van der Waals surface area (Å²) in [6.07, 6.45) is -0.135. The van der Waals surface area contributed by atoms with E-state index in [0.29, 0.717) is 0 Å². The fourth-order valence-electron chi connectivity index (χ4n) is 0.998. The van der Waals surface area contributed by atoms with Crippen LogP contribution >= 0.6 is 0 Å². The zero-order valence-corrected chi connectivity index (χ0v) is 9.57. The van der Waals surface area contributed by atoms with Crippen molar-refractivity contribution < 1.29 is 39.5 Å². The molecular formula is C9H10NNaO2. The number of benzene rings is 1. The van der Waals surface area contributed by atoms with Crippen LogP contribution in [0.1, 0.15) is 18.0 Å². The molecule has 0 aliphatic rings. The van der Waals surface area contributed by atoms with Crippen molar-refractivity contribution >= 4 is 5.97 Å². The molecule has 1 rings (SSSR count). The van der Waals surface area contributed by atoms with Crippen LogP contribution in [0.15, 0.2) is 30.3 Å². The molecule has 4 heteroatoms. The van der Waals surface area contributed by atoms with Crippen molar-refractivity contribution in [2.24, 2.45) is 5.73 Å². The minimum Gasteiger partial charge on any atom is -0.550 e. The molecule has 1 aromatic rings. The number of carbonyl (C=O) groups is 1. The predicted octanol–water partition coefficient (Wildman–Crippen LogP) is -3.17. The Morgan fingerprint density at radius 3 is 2.38 bits per heavy atom. The van der Waals surface area contributed by atoms with Crippen molar-refractivity contribution in [3.8, 4) is 0 Å². The molecule has 0 aliphatic heterocycles. The maximum atomic E-state index is 10.2. The standard InChI is InChI=1S/C9H11NO2.Na/c10-8(6-9(11)12)7-4-2-1-3-5-7;/h1-5,8H,6,10H2,(H,11,12);/q;+1/p-1/t8-;/m1./s1. The van der Waals surface area contributed by atoms with Crippen LogP contribution in [0, 0.1) is 0 Å². The first-order valence-corrected chi connectivity index (χ1v) is 3.70. The van der Waals surface area contributed by atoms with E-state index in [9.17, 15) is 9.90 Å². The fourth-order valence-corrected chi connectivity index (χ4v) is 0.998. The van der Waals surface area contributed by atoms with Crippen LogP contribution in [0.4, 0.5) is 0 Å². The van der Waals surface area contributed by atoms with Gasteiger partial charge in [-0.1, -0.05) is 30.3 Å². The zero-order chi connectivity index (χ0) is 8.97. The van der Waals surface area contributed by atoms with E-state index in [2.05, 4.69) is 0 Å². The smallest absolute Gasteiger partial charge is 0.550 e. The third kappa shape index (κ3) is 4.43. The SMILES string of the molecule is N[C@H](CC(=O)[O-])c1ccccc1.[Na+]. The Bertz CT molecular complexity index is 264. The summed E-state index contributed by atoms with van der Waals surface area (Å²) in [6, 6.07) is 8.64. The first-order chi connectivity index (χ1) is 5.70. The van der Waals surface area contributed by atoms with Gasteiger partial charge in [0.05, 0.1) is 0 Å². The summed E-state index contributed by atoms with van der Waals surface area (Å²) in [6.45, 7) is 0. The molecule has 0 aromatic heterocycles. The average molecular weight is 187 g/mol. The average Bonchev–Trinajstić information content (AvgIpc) is 2.05. The summed E-state index contributed by atoms with van der Waals surface area (Å²) < 4.78 is 0. The van der Waals surface area contributed by atoms with E-state index in [1.54, 1.807) is 12.1 Å². The summed E-state index contributed by atoms with van der Waals surface area (Å²) in [7, 11) is 0. The topological polar surface area (TPSA) is 66.2 Å². The molecule has 0 radical (unpaired) electrons. The van der Waals surface area contributed by atoms with E-state index in [4.69, 9.17) is 5.73 Å². The van der Waals surface area contributed by atoms with Crippen molar-refractivity contribution in [3.63, 3.8) is 0 Å². The number of rotatable bonds is 3. The van der Waals surface area contributed by atoms with Gasteiger partial charge in [-0.3, -0.25) is 0 Å². The molecule has 0 bridgehead atoms. The summed E-state index contributed by atoms with van der Waals surface area (Å²) in [5.41, 5.74) is 6.40. The van der Waals surface area contributed by atoms with Crippen molar-refractivity contribution in [1.29, 1.82) is 0 Å². The molecule has 0 saturated heterocycles. The van der Waals surface area contributed by atoms with Crippen LogP contribution in [-0.4, -0.2) is 5.97 Å².